The zero-order valence-corrected chi connectivity index (χ0v) is 14.8. The van der Waals surface area contributed by atoms with Gasteiger partial charge in [-0.1, -0.05) is 18.2 Å². The van der Waals surface area contributed by atoms with Crippen molar-refractivity contribution in [2.24, 2.45) is 0 Å². The van der Waals surface area contributed by atoms with Crippen molar-refractivity contribution >= 4 is 5.91 Å². The molecular weight excluding hydrogens is 318 g/mol. The second-order valence-electron chi connectivity index (χ2n) is 6.22. The van der Waals surface area contributed by atoms with Gasteiger partial charge in [-0.05, 0) is 48.2 Å². The monoisotopic (exact) mass is 341 g/mol. The summed E-state index contributed by atoms with van der Waals surface area (Å²) in [5.74, 6) is 2.10. The Morgan fingerprint density at radius 2 is 1.64 bits per heavy atom. The van der Waals surface area contributed by atoms with Crippen molar-refractivity contribution in [1.82, 2.24) is 5.32 Å². The molecule has 3 rings (SSSR count). The number of hydrogen-bond acceptors (Lipinski definition) is 4. The van der Waals surface area contributed by atoms with Gasteiger partial charge < -0.3 is 19.5 Å². The topological polar surface area (TPSA) is 56.8 Å². The molecule has 2 aromatic rings. The first-order valence-electron chi connectivity index (χ1n) is 8.26. The van der Waals surface area contributed by atoms with E-state index in [0.717, 1.165) is 29.7 Å². The fourth-order valence-corrected chi connectivity index (χ4v) is 3.01. The van der Waals surface area contributed by atoms with E-state index in [2.05, 4.69) is 5.32 Å². The van der Waals surface area contributed by atoms with Crippen LogP contribution in [0.5, 0.6) is 17.2 Å². The van der Waals surface area contributed by atoms with Crippen LogP contribution in [0.15, 0.2) is 42.5 Å². The molecule has 0 heterocycles. The van der Waals surface area contributed by atoms with Crippen LogP contribution >= 0.6 is 0 Å². The van der Waals surface area contributed by atoms with E-state index < -0.39 is 0 Å². The minimum absolute atomic E-state index is 0.000498. The minimum Gasteiger partial charge on any atom is -0.497 e. The molecule has 1 aliphatic carbocycles. The predicted molar refractivity (Wildman–Crippen MR) is 95.3 cm³/mol. The number of benzene rings is 2. The molecule has 0 aliphatic heterocycles. The van der Waals surface area contributed by atoms with Gasteiger partial charge in [-0.25, -0.2) is 0 Å². The zero-order chi connectivity index (χ0) is 17.9. The summed E-state index contributed by atoms with van der Waals surface area (Å²) in [4.78, 5) is 12.5. The molecule has 1 N–H and O–H groups in total. The smallest absolute Gasteiger partial charge is 0.225 e. The van der Waals surface area contributed by atoms with Crippen LogP contribution in [-0.2, 0) is 16.8 Å². The normalized spacial score (nSPS) is 14.5. The Morgan fingerprint density at radius 3 is 2.20 bits per heavy atom. The molecule has 1 saturated carbocycles. The van der Waals surface area contributed by atoms with E-state index in [-0.39, 0.29) is 11.4 Å². The van der Waals surface area contributed by atoms with Crippen molar-refractivity contribution in [1.29, 1.82) is 0 Å². The molecule has 0 atom stereocenters. The van der Waals surface area contributed by atoms with Gasteiger partial charge in [0, 0.05) is 0 Å². The highest BCUT2D eigenvalue weighted by atomic mass is 16.5. The van der Waals surface area contributed by atoms with E-state index >= 15 is 0 Å². The van der Waals surface area contributed by atoms with Crippen LogP contribution in [0.3, 0.4) is 0 Å². The van der Waals surface area contributed by atoms with Crippen LogP contribution in [0.4, 0.5) is 0 Å². The van der Waals surface area contributed by atoms with Crippen LogP contribution in [0.2, 0.25) is 0 Å². The molecule has 132 valence electrons. The van der Waals surface area contributed by atoms with E-state index in [9.17, 15) is 4.79 Å². The van der Waals surface area contributed by atoms with Gasteiger partial charge in [-0.15, -0.1) is 0 Å². The third-order valence-electron chi connectivity index (χ3n) is 4.58. The Kier molecular flexibility index (Phi) is 4.83. The summed E-state index contributed by atoms with van der Waals surface area (Å²) in [6.45, 7) is 0. The molecule has 2 aromatic carbocycles. The molecule has 0 bridgehead atoms. The largest absolute Gasteiger partial charge is 0.497 e. The van der Waals surface area contributed by atoms with E-state index in [1.165, 1.54) is 0 Å². The van der Waals surface area contributed by atoms with Crippen molar-refractivity contribution in [2.45, 2.75) is 24.8 Å². The van der Waals surface area contributed by atoms with Gasteiger partial charge in [-0.2, -0.15) is 0 Å². The molecule has 1 fully saturated rings. The number of hydrogen-bond donors (Lipinski definition) is 1. The predicted octanol–water partition coefficient (Wildman–Crippen LogP) is 3.06. The van der Waals surface area contributed by atoms with Gasteiger partial charge in [0.15, 0.2) is 11.5 Å². The Bertz CT molecular complexity index is 751. The van der Waals surface area contributed by atoms with Crippen LogP contribution in [0.1, 0.15) is 24.0 Å². The number of carbonyl (C=O) groups excluding carboxylic acids is 1. The fourth-order valence-electron chi connectivity index (χ4n) is 3.01. The van der Waals surface area contributed by atoms with Gasteiger partial charge in [0.1, 0.15) is 5.75 Å². The maximum atomic E-state index is 12.5. The fraction of sp³-hybridized carbons (Fsp3) is 0.350. The average molecular weight is 341 g/mol. The number of amides is 1. The lowest BCUT2D eigenvalue weighted by atomic mass is 10.0. The molecule has 0 saturated heterocycles. The molecule has 0 unspecified atom stereocenters. The van der Waals surface area contributed by atoms with Crippen molar-refractivity contribution in [3.05, 3.63) is 53.6 Å². The zero-order valence-electron chi connectivity index (χ0n) is 14.8. The summed E-state index contributed by atoms with van der Waals surface area (Å²) in [5, 5.41) is 3.18. The van der Waals surface area contributed by atoms with Crippen LogP contribution in [0.25, 0.3) is 0 Å². The standard InChI is InChI=1S/C20H23NO4/c1-23-16-7-5-15(6-8-16)20(10-11-20)21-19(22)13-14-4-9-17(24-2)18(12-14)25-3/h4-9,12H,10-11,13H2,1-3H3,(H,21,22). The molecule has 5 nitrogen and oxygen atoms in total. The molecule has 1 aliphatic rings. The third-order valence-corrected chi connectivity index (χ3v) is 4.58. The van der Waals surface area contributed by atoms with Gasteiger partial charge in [0.05, 0.1) is 33.3 Å². The van der Waals surface area contributed by atoms with E-state index in [4.69, 9.17) is 14.2 Å². The second kappa shape index (κ2) is 7.05. The molecule has 5 heteroatoms. The summed E-state index contributed by atoms with van der Waals surface area (Å²) < 4.78 is 15.7. The van der Waals surface area contributed by atoms with Gasteiger partial charge in [0.25, 0.3) is 0 Å². The summed E-state index contributed by atoms with van der Waals surface area (Å²) in [6.07, 6.45) is 2.21. The van der Waals surface area contributed by atoms with E-state index in [0.29, 0.717) is 17.9 Å². The number of ether oxygens (including phenoxy) is 3. The first-order chi connectivity index (χ1) is 12.1. The highest BCUT2D eigenvalue weighted by Crippen LogP contribution is 2.45. The maximum absolute atomic E-state index is 12.5. The number of rotatable bonds is 7. The highest BCUT2D eigenvalue weighted by molar-refractivity contribution is 5.80. The van der Waals surface area contributed by atoms with Gasteiger partial charge in [-0.3, -0.25) is 4.79 Å². The van der Waals surface area contributed by atoms with Crippen molar-refractivity contribution in [3.63, 3.8) is 0 Å². The van der Waals surface area contributed by atoms with Crippen LogP contribution in [-0.4, -0.2) is 27.2 Å². The van der Waals surface area contributed by atoms with Crippen molar-refractivity contribution in [2.75, 3.05) is 21.3 Å². The quantitative estimate of drug-likeness (QED) is 0.841. The second-order valence-corrected chi connectivity index (χ2v) is 6.22. The molecule has 0 radical (unpaired) electrons. The average Bonchev–Trinajstić information content (AvgIpc) is 3.42. The summed E-state index contributed by atoms with van der Waals surface area (Å²) in [5.41, 5.74) is 1.77. The maximum Gasteiger partial charge on any atom is 0.225 e. The first kappa shape index (κ1) is 17.1. The minimum atomic E-state index is -0.236. The molecule has 0 aromatic heterocycles. The third kappa shape index (κ3) is 3.71. The van der Waals surface area contributed by atoms with Crippen LogP contribution in [0, 0.1) is 0 Å². The van der Waals surface area contributed by atoms with E-state index in [1.807, 2.05) is 42.5 Å². The number of carbonyl (C=O) groups is 1. The summed E-state index contributed by atoms with van der Waals surface area (Å²) in [7, 11) is 4.83. The first-order valence-corrected chi connectivity index (χ1v) is 8.26. The van der Waals surface area contributed by atoms with Crippen molar-refractivity contribution < 1.29 is 19.0 Å². The van der Waals surface area contributed by atoms with Crippen LogP contribution < -0.4 is 19.5 Å². The Morgan fingerprint density at radius 1 is 0.960 bits per heavy atom. The lowest BCUT2D eigenvalue weighted by Crippen LogP contribution is -2.35. The summed E-state index contributed by atoms with van der Waals surface area (Å²) in [6, 6.07) is 13.4. The van der Waals surface area contributed by atoms with Gasteiger partial charge >= 0.3 is 0 Å². The van der Waals surface area contributed by atoms with Gasteiger partial charge in [0.2, 0.25) is 5.91 Å². The molecule has 0 spiro atoms. The summed E-state index contributed by atoms with van der Waals surface area (Å²) >= 11 is 0. The Balaban J connectivity index is 1.68. The molecule has 1 amide bonds. The Hall–Kier alpha value is -2.69. The van der Waals surface area contributed by atoms with Crippen molar-refractivity contribution in [3.8, 4) is 17.2 Å². The van der Waals surface area contributed by atoms with E-state index in [1.54, 1.807) is 21.3 Å². The lowest BCUT2D eigenvalue weighted by Gasteiger charge is -2.18. The SMILES string of the molecule is COc1ccc(C2(NC(=O)Cc3ccc(OC)c(OC)c3)CC2)cc1. The number of methoxy groups -OCH3 is 3. The molecule has 25 heavy (non-hydrogen) atoms. The Labute approximate surface area is 147 Å². The molecular formula is C20H23NO4. The number of nitrogens with one attached hydrogen (secondary N) is 1. The lowest BCUT2D eigenvalue weighted by molar-refractivity contribution is -0.121. The highest BCUT2D eigenvalue weighted by Gasteiger charge is 2.45.